The average molecular weight is 387 g/mol. The maximum atomic E-state index is 12.7. The Morgan fingerprint density at radius 3 is 2.57 bits per heavy atom. The zero-order valence-electron chi connectivity index (χ0n) is 14.9. The zero-order chi connectivity index (χ0) is 19.9. The van der Waals surface area contributed by atoms with Gasteiger partial charge in [0.05, 0.1) is 11.5 Å². The Morgan fingerprint density at radius 1 is 1.14 bits per heavy atom. The summed E-state index contributed by atoms with van der Waals surface area (Å²) in [5.74, 6) is 0.291. The summed E-state index contributed by atoms with van der Waals surface area (Å²) in [5, 5.41) is 3.99. The normalized spacial score (nSPS) is 17.4. The number of nitrogens with zero attached hydrogens (tertiary/aromatic N) is 3. The van der Waals surface area contributed by atoms with E-state index < -0.39 is 11.7 Å². The molecule has 1 amide bonds. The van der Waals surface area contributed by atoms with E-state index in [0.717, 1.165) is 23.3 Å². The third kappa shape index (κ3) is 3.49. The largest absolute Gasteiger partial charge is 0.416 e. The van der Waals surface area contributed by atoms with E-state index >= 15 is 0 Å². The number of carbonyl (C=O) groups is 1. The van der Waals surface area contributed by atoms with Crippen LogP contribution in [0.25, 0.3) is 11.4 Å². The Labute approximate surface area is 158 Å². The van der Waals surface area contributed by atoms with Crippen LogP contribution >= 0.6 is 0 Å². The molecule has 0 radical (unpaired) electrons. The fourth-order valence-corrected chi connectivity index (χ4v) is 3.26. The first kappa shape index (κ1) is 18.2. The number of halogens is 3. The summed E-state index contributed by atoms with van der Waals surface area (Å²) in [6.45, 7) is 2.24. The van der Waals surface area contributed by atoms with Gasteiger partial charge in [-0.25, -0.2) is 0 Å². The molecule has 2 aromatic carbocycles. The van der Waals surface area contributed by atoms with Gasteiger partial charge in [-0.05, 0) is 37.3 Å². The molecule has 3 aromatic rings. The second kappa shape index (κ2) is 6.78. The van der Waals surface area contributed by atoms with Crippen LogP contribution in [-0.4, -0.2) is 22.6 Å². The first-order chi connectivity index (χ1) is 13.3. The molecule has 2 heterocycles. The topological polar surface area (TPSA) is 59.2 Å². The summed E-state index contributed by atoms with van der Waals surface area (Å²) < 4.78 is 43.5. The predicted octanol–water partition coefficient (Wildman–Crippen LogP) is 4.58. The van der Waals surface area contributed by atoms with Crippen LogP contribution in [0.15, 0.2) is 53.1 Å². The maximum Gasteiger partial charge on any atom is 0.416 e. The smallest absolute Gasteiger partial charge is 0.339 e. The number of rotatable bonds is 3. The van der Waals surface area contributed by atoms with E-state index in [-0.39, 0.29) is 24.8 Å². The van der Waals surface area contributed by atoms with E-state index in [2.05, 4.69) is 10.1 Å². The summed E-state index contributed by atoms with van der Waals surface area (Å²) in [7, 11) is 0. The minimum atomic E-state index is -4.41. The molecule has 0 saturated carbocycles. The number of amides is 1. The number of alkyl halides is 3. The van der Waals surface area contributed by atoms with Crippen LogP contribution in [0.2, 0.25) is 0 Å². The molecular weight excluding hydrogens is 371 g/mol. The minimum Gasteiger partial charge on any atom is -0.339 e. The van der Waals surface area contributed by atoms with Gasteiger partial charge in [0.25, 0.3) is 0 Å². The number of hydrogen-bond donors (Lipinski definition) is 0. The molecule has 1 unspecified atom stereocenters. The van der Waals surface area contributed by atoms with Crippen molar-refractivity contribution in [2.24, 2.45) is 0 Å². The second-order valence-corrected chi connectivity index (χ2v) is 6.78. The fraction of sp³-hybridized carbons (Fsp3) is 0.250. The molecule has 0 N–H and O–H groups in total. The van der Waals surface area contributed by atoms with E-state index in [1.54, 1.807) is 0 Å². The average Bonchev–Trinajstić information content (AvgIpc) is 3.28. The van der Waals surface area contributed by atoms with Gasteiger partial charge in [0.1, 0.15) is 0 Å². The molecule has 1 aliphatic heterocycles. The van der Waals surface area contributed by atoms with Crippen molar-refractivity contribution >= 4 is 11.6 Å². The van der Waals surface area contributed by atoms with Crippen molar-refractivity contribution in [3.05, 3.63) is 65.5 Å². The number of anilines is 1. The van der Waals surface area contributed by atoms with Crippen molar-refractivity contribution in [3.63, 3.8) is 0 Å². The third-order valence-corrected chi connectivity index (χ3v) is 4.70. The van der Waals surface area contributed by atoms with E-state index in [1.807, 2.05) is 31.2 Å². The Kier molecular flexibility index (Phi) is 4.41. The quantitative estimate of drug-likeness (QED) is 0.660. The van der Waals surface area contributed by atoms with Crippen LogP contribution < -0.4 is 4.90 Å². The van der Waals surface area contributed by atoms with Crippen molar-refractivity contribution in [2.45, 2.75) is 25.4 Å². The molecular formula is C20H16F3N3O2. The van der Waals surface area contributed by atoms with Crippen LogP contribution in [-0.2, 0) is 11.0 Å². The van der Waals surface area contributed by atoms with Gasteiger partial charge in [-0.15, -0.1) is 0 Å². The molecule has 4 rings (SSSR count). The lowest BCUT2D eigenvalue weighted by molar-refractivity contribution is -0.137. The van der Waals surface area contributed by atoms with Crippen LogP contribution in [0.3, 0.4) is 0 Å². The van der Waals surface area contributed by atoms with Gasteiger partial charge in [-0.3, -0.25) is 4.79 Å². The Morgan fingerprint density at radius 2 is 1.89 bits per heavy atom. The monoisotopic (exact) mass is 387 g/mol. The number of hydrogen-bond acceptors (Lipinski definition) is 4. The molecule has 0 aliphatic carbocycles. The van der Waals surface area contributed by atoms with Gasteiger partial charge in [0.15, 0.2) is 0 Å². The highest BCUT2D eigenvalue weighted by Gasteiger charge is 2.36. The predicted molar refractivity (Wildman–Crippen MR) is 95.6 cm³/mol. The summed E-state index contributed by atoms with van der Waals surface area (Å²) in [4.78, 5) is 18.2. The van der Waals surface area contributed by atoms with Crippen LogP contribution in [0.5, 0.6) is 0 Å². The molecule has 1 fully saturated rings. The number of carbonyl (C=O) groups excluding carboxylic acids is 1. The van der Waals surface area contributed by atoms with Crippen LogP contribution in [0, 0.1) is 6.92 Å². The highest BCUT2D eigenvalue weighted by Crippen LogP contribution is 2.34. The summed E-state index contributed by atoms with van der Waals surface area (Å²) in [6.07, 6.45) is -4.25. The van der Waals surface area contributed by atoms with E-state index in [1.165, 1.54) is 17.0 Å². The van der Waals surface area contributed by atoms with E-state index in [9.17, 15) is 18.0 Å². The number of aryl methyl sites for hydroxylation is 1. The first-order valence-electron chi connectivity index (χ1n) is 8.69. The number of benzene rings is 2. The maximum absolute atomic E-state index is 12.7. The molecule has 0 bridgehead atoms. The molecule has 144 valence electrons. The standard InChI is InChI=1S/C20H16F3N3O2/c1-12-3-2-4-13(9-12)18-24-19(28-25-18)14-10-17(27)26(11-14)16-7-5-15(6-8-16)20(21,22)23/h2-9,14H,10-11H2,1H3. The molecule has 1 aromatic heterocycles. The Balaban J connectivity index is 1.52. The first-order valence-corrected chi connectivity index (χ1v) is 8.69. The summed E-state index contributed by atoms with van der Waals surface area (Å²) in [6, 6.07) is 12.2. The highest BCUT2D eigenvalue weighted by atomic mass is 19.4. The Bertz CT molecular complexity index is 1010. The lowest BCUT2D eigenvalue weighted by Crippen LogP contribution is -2.24. The van der Waals surface area contributed by atoms with Crippen molar-refractivity contribution in [2.75, 3.05) is 11.4 Å². The molecule has 8 heteroatoms. The van der Waals surface area contributed by atoms with Crippen molar-refractivity contribution in [3.8, 4) is 11.4 Å². The van der Waals surface area contributed by atoms with E-state index in [0.29, 0.717) is 17.4 Å². The zero-order valence-corrected chi connectivity index (χ0v) is 14.9. The van der Waals surface area contributed by atoms with Crippen molar-refractivity contribution < 1.29 is 22.5 Å². The lowest BCUT2D eigenvalue weighted by Gasteiger charge is -2.17. The van der Waals surface area contributed by atoms with Gasteiger partial charge in [-0.1, -0.05) is 28.9 Å². The van der Waals surface area contributed by atoms with Gasteiger partial charge in [0, 0.05) is 24.2 Å². The third-order valence-electron chi connectivity index (χ3n) is 4.70. The highest BCUT2D eigenvalue weighted by molar-refractivity contribution is 5.96. The minimum absolute atomic E-state index is 0.163. The summed E-state index contributed by atoms with van der Waals surface area (Å²) >= 11 is 0. The molecule has 5 nitrogen and oxygen atoms in total. The lowest BCUT2D eigenvalue weighted by atomic mass is 10.1. The molecule has 1 atom stereocenters. The second-order valence-electron chi connectivity index (χ2n) is 6.78. The van der Waals surface area contributed by atoms with Gasteiger partial charge < -0.3 is 9.42 Å². The Hall–Kier alpha value is -3.16. The molecule has 28 heavy (non-hydrogen) atoms. The molecule has 1 aliphatic rings. The van der Waals surface area contributed by atoms with Crippen LogP contribution in [0.4, 0.5) is 18.9 Å². The van der Waals surface area contributed by atoms with Gasteiger partial charge >= 0.3 is 6.18 Å². The molecule has 1 saturated heterocycles. The van der Waals surface area contributed by atoms with Crippen molar-refractivity contribution in [1.29, 1.82) is 0 Å². The van der Waals surface area contributed by atoms with E-state index in [4.69, 9.17) is 4.52 Å². The van der Waals surface area contributed by atoms with Gasteiger partial charge in [0.2, 0.25) is 17.6 Å². The number of aromatic nitrogens is 2. The fourth-order valence-electron chi connectivity index (χ4n) is 3.26. The van der Waals surface area contributed by atoms with Gasteiger partial charge in [-0.2, -0.15) is 18.2 Å². The van der Waals surface area contributed by atoms with Crippen LogP contribution in [0.1, 0.15) is 29.4 Å². The summed E-state index contributed by atoms with van der Waals surface area (Å²) in [5.41, 5.74) is 1.55. The van der Waals surface area contributed by atoms with Crippen molar-refractivity contribution in [1.82, 2.24) is 10.1 Å². The molecule has 0 spiro atoms. The SMILES string of the molecule is Cc1cccc(-c2noc(C3CC(=O)N(c4ccc(C(F)(F)F)cc4)C3)n2)c1.